The zero-order valence-electron chi connectivity index (χ0n) is 41.4. The van der Waals surface area contributed by atoms with E-state index in [1.54, 1.807) is 99.1 Å². The Morgan fingerprint density at radius 3 is 1.11 bits per heavy atom. The van der Waals surface area contributed by atoms with E-state index in [2.05, 4.69) is 45.9 Å². The number of hydrogen-bond donors (Lipinski definition) is 0. The molecule has 12 heteroatoms. The quantitative estimate of drug-likeness (QED) is 0.0682. The van der Waals surface area contributed by atoms with Gasteiger partial charge in [-0.25, -0.2) is 16.8 Å². The van der Waals surface area contributed by atoms with Crippen LogP contribution in [0, 0.1) is 6.92 Å². The Balaban J connectivity index is 0.878. The van der Waals surface area contributed by atoms with Gasteiger partial charge in [0, 0.05) is 23.5 Å². The Labute approximate surface area is 423 Å². The van der Waals surface area contributed by atoms with Crippen molar-refractivity contribution in [3.63, 3.8) is 0 Å². The summed E-state index contributed by atoms with van der Waals surface area (Å²) in [6.07, 6.45) is 0. The van der Waals surface area contributed by atoms with E-state index in [9.17, 15) is 16.8 Å². The molecule has 0 radical (unpaired) electrons. The van der Waals surface area contributed by atoms with Crippen molar-refractivity contribution in [3.05, 3.63) is 221 Å². The van der Waals surface area contributed by atoms with Crippen LogP contribution in [0.15, 0.2) is 208 Å². The number of ether oxygens (including phenoxy) is 6. The van der Waals surface area contributed by atoms with Crippen LogP contribution >= 0.6 is 0 Å². The molecule has 72 heavy (non-hydrogen) atoms. The third kappa shape index (κ3) is 11.6. The second kappa shape index (κ2) is 21.6. The van der Waals surface area contributed by atoms with Crippen LogP contribution < -0.4 is 18.9 Å². The summed E-state index contributed by atoms with van der Waals surface area (Å²) in [5.41, 5.74) is 5.46. The second-order valence-corrected chi connectivity index (χ2v) is 22.3. The predicted molar refractivity (Wildman–Crippen MR) is 280 cm³/mol. The van der Waals surface area contributed by atoms with E-state index >= 15 is 0 Å². The summed E-state index contributed by atoms with van der Waals surface area (Å²) in [5.74, 6) is 4.10. The van der Waals surface area contributed by atoms with Gasteiger partial charge in [0.2, 0.25) is 19.7 Å². The van der Waals surface area contributed by atoms with Crippen molar-refractivity contribution in [2.45, 2.75) is 71.6 Å². The number of hydrogen-bond acceptors (Lipinski definition) is 10. The molecule has 0 saturated carbocycles. The van der Waals surface area contributed by atoms with E-state index in [1.165, 1.54) is 12.1 Å². The van der Waals surface area contributed by atoms with Gasteiger partial charge >= 0.3 is 0 Å². The van der Waals surface area contributed by atoms with Crippen molar-refractivity contribution in [1.82, 2.24) is 0 Å². The van der Waals surface area contributed by atoms with Crippen LogP contribution in [0.1, 0.15) is 61.1 Å². The lowest BCUT2D eigenvalue weighted by Gasteiger charge is -2.27. The summed E-state index contributed by atoms with van der Waals surface area (Å²) in [7, 11) is -4.22. The van der Waals surface area contributed by atoms with Gasteiger partial charge in [-0.3, -0.25) is 0 Å². The van der Waals surface area contributed by atoms with Crippen LogP contribution in [0.5, 0.6) is 40.2 Å². The van der Waals surface area contributed by atoms with Crippen LogP contribution in [0.2, 0.25) is 0 Å². The molecule has 0 saturated heterocycles. The molecular formula is C60H58O10S2. The minimum absolute atomic E-state index is 0.127. The Morgan fingerprint density at radius 2 is 0.722 bits per heavy atom. The lowest BCUT2D eigenvalue weighted by Crippen LogP contribution is -2.19. The molecule has 10 nitrogen and oxygen atoms in total. The number of benzene rings is 8. The van der Waals surface area contributed by atoms with Gasteiger partial charge in [0.15, 0.2) is 0 Å². The molecular weight excluding hydrogens is 945 g/mol. The zero-order valence-corrected chi connectivity index (χ0v) is 43.1. The molecule has 8 aromatic rings. The van der Waals surface area contributed by atoms with Gasteiger partial charge < -0.3 is 28.4 Å². The molecule has 0 amide bonds. The lowest BCUT2D eigenvalue weighted by atomic mass is 9.77. The maximum absolute atomic E-state index is 13.8. The fourth-order valence-corrected chi connectivity index (χ4v) is 10.7. The summed E-state index contributed by atoms with van der Waals surface area (Å²) in [6.45, 7) is 11.7. The number of rotatable bonds is 20. The van der Waals surface area contributed by atoms with E-state index in [-0.39, 0.29) is 30.4 Å². The average Bonchev–Trinajstić information content (AvgIpc) is 3.39. The van der Waals surface area contributed by atoms with Gasteiger partial charge in [-0.2, -0.15) is 0 Å². The Morgan fingerprint density at radius 1 is 0.389 bits per heavy atom. The lowest BCUT2D eigenvalue weighted by molar-refractivity contribution is 0.0609. The third-order valence-corrected chi connectivity index (χ3v) is 16.4. The first kappa shape index (κ1) is 51.1. The molecule has 0 N–H and O–H groups in total. The first-order valence-electron chi connectivity index (χ1n) is 23.4. The normalized spacial score (nSPS) is 12.0. The largest absolute Gasteiger partial charge is 0.497 e. The van der Waals surface area contributed by atoms with Gasteiger partial charge in [0.1, 0.15) is 40.2 Å². The summed E-state index contributed by atoms with van der Waals surface area (Å²) >= 11 is 0. The molecule has 0 spiro atoms. The van der Waals surface area contributed by atoms with Gasteiger partial charge in [0.05, 0.1) is 46.5 Å². The van der Waals surface area contributed by atoms with E-state index in [0.29, 0.717) is 54.3 Å². The number of sulfone groups is 2. The Bertz CT molecular complexity index is 3310. The van der Waals surface area contributed by atoms with Gasteiger partial charge in [-0.1, -0.05) is 87.9 Å². The molecule has 0 fully saturated rings. The van der Waals surface area contributed by atoms with E-state index < -0.39 is 19.7 Å². The molecule has 0 bridgehead atoms. The topological polar surface area (TPSA) is 124 Å². The van der Waals surface area contributed by atoms with Crippen LogP contribution in [0.25, 0.3) is 0 Å². The minimum Gasteiger partial charge on any atom is -0.497 e. The molecule has 0 unspecified atom stereocenters. The standard InChI is InChI=1S/C60H58O10S2/c1-42-8-29-54(30-9-42)71(61,62)55-31-23-51(24-32-55)68-49-19-12-44(13-20-49)59(2,3)45-14-21-50(22-15-45)69-52-25-33-56(34-26-52)72(63,64)57-35-27-53(28-36-57)70-58-37-16-47(40-43(58)41-67-39-38-65-6)60(4,5)46-10-17-48(66-7)18-11-46/h8-37,40H,38-39,41H2,1-7H3. The fourth-order valence-electron chi connectivity index (χ4n) is 8.17. The number of aryl methyl sites for hydroxylation is 1. The van der Waals surface area contributed by atoms with Crippen molar-refractivity contribution in [2.24, 2.45) is 0 Å². The summed E-state index contributed by atoms with van der Waals surface area (Å²) < 4.78 is 88.8. The van der Waals surface area contributed by atoms with Crippen molar-refractivity contribution in [1.29, 1.82) is 0 Å². The van der Waals surface area contributed by atoms with Gasteiger partial charge in [0.25, 0.3) is 0 Å². The summed E-state index contributed by atoms with van der Waals surface area (Å²) in [5, 5.41) is 0. The highest BCUT2D eigenvalue weighted by molar-refractivity contribution is 7.91. The Hall–Kier alpha value is -7.22. The van der Waals surface area contributed by atoms with Gasteiger partial charge in [-0.05, 0) is 163 Å². The van der Waals surface area contributed by atoms with E-state index in [4.69, 9.17) is 28.4 Å². The fraction of sp³-hybridized carbons (Fsp3) is 0.200. The first-order chi connectivity index (χ1) is 34.5. The third-order valence-electron chi connectivity index (χ3n) is 12.9. The smallest absolute Gasteiger partial charge is 0.206 e. The zero-order chi connectivity index (χ0) is 51.1. The molecule has 0 heterocycles. The molecule has 370 valence electrons. The maximum atomic E-state index is 13.8. The first-order valence-corrected chi connectivity index (χ1v) is 26.4. The van der Waals surface area contributed by atoms with Crippen LogP contribution in [-0.2, 0) is 46.6 Å². The van der Waals surface area contributed by atoms with E-state index in [1.807, 2.05) is 79.7 Å². The number of methoxy groups -OCH3 is 2. The second-order valence-electron chi connectivity index (χ2n) is 18.4. The molecule has 0 atom stereocenters. The predicted octanol–water partition coefficient (Wildman–Crippen LogP) is 13.9. The monoisotopic (exact) mass is 1000 g/mol. The Kier molecular flexibility index (Phi) is 15.4. The summed E-state index contributed by atoms with van der Waals surface area (Å²) in [4.78, 5) is 0.700. The molecule has 8 aromatic carbocycles. The molecule has 0 aromatic heterocycles. The maximum Gasteiger partial charge on any atom is 0.206 e. The van der Waals surface area contributed by atoms with E-state index in [0.717, 1.165) is 39.1 Å². The van der Waals surface area contributed by atoms with Crippen molar-refractivity contribution >= 4 is 19.7 Å². The van der Waals surface area contributed by atoms with Gasteiger partial charge in [-0.15, -0.1) is 0 Å². The average molecular weight is 1000 g/mol. The summed E-state index contributed by atoms with van der Waals surface area (Å²) in [6, 6.07) is 55.7. The molecule has 0 aliphatic rings. The highest BCUT2D eigenvalue weighted by Gasteiger charge is 2.26. The van der Waals surface area contributed by atoms with Crippen molar-refractivity contribution in [2.75, 3.05) is 27.4 Å². The minimum atomic E-state index is -3.86. The molecule has 8 rings (SSSR count). The molecule has 0 aliphatic carbocycles. The molecule has 0 aliphatic heterocycles. The SMILES string of the molecule is COCCOCc1cc(C(C)(C)c2ccc(OC)cc2)ccc1Oc1ccc(S(=O)(=O)c2ccc(Oc3ccc(C(C)(C)c4ccc(Oc5ccc(S(=O)(=O)c6ccc(C)cc6)cc5)cc4)cc3)cc2)cc1. The van der Waals surface area contributed by atoms with Crippen LogP contribution in [-0.4, -0.2) is 44.3 Å². The van der Waals surface area contributed by atoms with Crippen molar-refractivity contribution in [3.8, 4) is 40.2 Å². The van der Waals surface area contributed by atoms with Crippen molar-refractivity contribution < 1.29 is 45.3 Å². The van der Waals surface area contributed by atoms with Crippen LogP contribution in [0.3, 0.4) is 0 Å². The highest BCUT2D eigenvalue weighted by Crippen LogP contribution is 2.38. The van der Waals surface area contributed by atoms with Crippen LogP contribution in [0.4, 0.5) is 0 Å². The highest BCUT2D eigenvalue weighted by atomic mass is 32.2.